The lowest BCUT2D eigenvalue weighted by Crippen LogP contribution is -2.78. The van der Waals surface area contributed by atoms with Gasteiger partial charge in [-0.05, 0) is 30.9 Å². The van der Waals surface area contributed by atoms with Crippen LogP contribution in [0.15, 0.2) is 11.1 Å². The van der Waals surface area contributed by atoms with Crippen molar-refractivity contribution in [2.75, 3.05) is 6.61 Å². The Morgan fingerprint density at radius 1 is 1.20 bits per heavy atom. The maximum absolute atomic E-state index is 13.7. The minimum atomic E-state index is -1.83. The van der Waals surface area contributed by atoms with E-state index >= 15 is 0 Å². The fourth-order valence-electron chi connectivity index (χ4n) is 6.71. The number of fused-ring (bicyclic) bond motifs is 5. The van der Waals surface area contributed by atoms with Crippen molar-refractivity contribution in [3.05, 3.63) is 11.1 Å². The van der Waals surface area contributed by atoms with E-state index in [1.807, 2.05) is 0 Å². The maximum Gasteiger partial charge on any atom is 0.303 e. The van der Waals surface area contributed by atoms with E-state index in [0.29, 0.717) is 18.4 Å². The van der Waals surface area contributed by atoms with Gasteiger partial charge in [-0.3, -0.25) is 9.59 Å². The molecule has 1 aliphatic heterocycles. The lowest BCUT2D eigenvalue weighted by atomic mass is 9.45. The van der Waals surface area contributed by atoms with Gasteiger partial charge in [-0.1, -0.05) is 20.8 Å². The monoisotopic (exact) mass is 424 g/mol. The van der Waals surface area contributed by atoms with Crippen LogP contribution < -0.4 is 0 Å². The Bertz CT molecular complexity index is 833. The van der Waals surface area contributed by atoms with Crippen LogP contribution in [0.4, 0.5) is 0 Å². The number of ether oxygens (including phenoxy) is 2. The second-order valence-corrected chi connectivity index (χ2v) is 10.4. The number of rotatable bonds is 1. The first-order valence-electron chi connectivity index (χ1n) is 10.6. The fraction of sp³-hybridized carbons (Fsp3) is 0.818. The molecule has 3 fully saturated rings. The first-order valence-corrected chi connectivity index (χ1v) is 10.6. The Morgan fingerprint density at radius 2 is 1.83 bits per heavy atom. The van der Waals surface area contributed by atoms with Crippen LogP contribution in [-0.2, 0) is 19.1 Å². The summed E-state index contributed by atoms with van der Waals surface area (Å²) in [7, 11) is 0. The first kappa shape index (κ1) is 21.9. The van der Waals surface area contributed by atoms with Crippen LogP contribution in [0.25, 0.3) is 0 Å². The molecule has 168 valence electrons. The number of Topliss-reactive ketones (excluding diaryl/α,β-unsaturated/α-hetero) is 1. The molecule has 2 saturated carbocycles. The van der Waals surface area contributed by atoms with Crippen molar-refractivity contribution in [3.63, 3.8) is 0 Å². The van der Waals surface area contributed by atoms with Crippen molar-refractivity contribution in [2.24, 2.45) is 16.7 Å². The van der Waals surface area contributed by atoms with Crippen LogP contribution in [0, 0.1) is 16.7 Å². The Balaban J connectivity index is 2.03. The van der Waals surface area contributed by atoms with E-state index < -0.39 is 64.1 Å². The average Bonchev–Trinajstić information content (AvgIpc) is 2.62. The van der Waals surface area contributed by atoms with Crippen molar-refractivity contribution >= 4 is 11.8 Å². The molecule has 0 aromatic carbocycles. The van der Waals surface area contributed by atoms with Crippen LogP contribution in [0.5, 0.6) is 0 Å². The van der Waals surface area contributed by atoms with Gasteiger partial charge in [-0.25, -0.2) is 0 Å². The van der Waals surface area contributed by atoms with Crippen LogP contribution in [0.1, 0.15) is 53.9 Å². The summed E-state index contributed by atoms with van der Waals surface area (Å²) >= 11 is 0. The Morgan fingerprint density at radius 3 is 2.37 bits per heavy atom. The number of aliphatic hydroxyl groups is 4. The van der Waals surface area contributed by atoms with Crippen LogP contribution in [0.3, 0.4) is 0 Å². The molecule has 0 spiro atoms. The predicted molar refractivity (Wildman–Crippen MR) is 104 cm³/mol. The summed E-state index contributed by atoms with van der Waals surface area (Å²) < 4.78 is 11.2. The number of carbonyl (C=O) groups is 2. The third kappa shape index (κ3) is 2.45. The minimum Gasteiger partial charge on any atom is -0.459 e. The number of hydrogen-bond donors (Lipinski definition) is 4. The predicted octanol–water partition coefficient (Wildman–Crippen LogP) is 0.246. The summed E-state index contributed by atoms with van der Waals surface area (Å²) in [6.07, 6.45) is -3.93. The summed E-state index contributed by atoms with van der Waals surface area (Å²) in [6.45, 7) is 7.82. The summed E-state index contributed by atoms with van der Waals surface area (Å²) in [4.78, 5) is 25.9. The van der Waals surface area contributed by atoms with Gasteiger partial charge in [0.05, 0.1) is 18.8 Å². The van der Waals surface area contributed by atoms with Gasteiger partial charge < -0.3 is 29.9 Å². The molecule has 1 saturated heterocycles. The molecule has 30 heavy (non-hydrogen) atoms. The van der Waals surface area contributed by atoms with Gasteiger partial charge >= 0.3 is 5.97 Å². The topological polar surface area (TPSA) is 134 Å². The Kier molecular flexibility index (Phi) is 4.64. The average molecular weight is 424 g/mol. The highest BCUT2D eigenvalue weighted by Gasteiger charge is 2.74. The zero-order valence-corrected chi connectivity index (χ0v) is 18.1. The van der Waals surface area contributed by atoms with E-state index in [-0.39, 0.29) is 18.6 Å². The highest BCUT2D eigenvalue weighted by atomic mass is 16.6. The van der Waals surface area contributed by atoms with Gasteiger partial charge in [-0.15, -0.1) is 0 Å². The van der Waals surface area contributed by atoms with E-state index in [2.05, 4.69) is 0 Å². The third-order valence-electron chi connectivity index (χ3n) is 8.56. The summed E-state index contributed by atoms with van der Waals surface area (Å²) in [5.41, 5.74) is -5.09. The molecule has 1 heterocycles. The van der Waals surface area contributed by atoms with Crippen molar-refractivity contribution in [1.82, 2.24) is 0 Å². The molecule has 0 amide bonds. The zero-order valence-electron chi connectivity index (χ0n) is 18.1. The lowest BCUT2D eigenvalue weighted by molar-refractivity contribution is -0.331. The van der Waals surface area contributed by atoms with E-state index in [1.54, 1.807) is 27.7 Å². The van der Waals surface area contributed by atoms with Crippen LogP contribution >= 0.6 is 0 Å². The SMILES string of the molecule is CC(=O)O[C@H]1[C@@H]2[C@]3(O)CO[C@@H]3CC[C@@]2(C)C(=O)[C@H](O)C2=C(C)[C@@H](O)C[C@]1(O)C2(C)C. The van der Waals surface area contributed by atoms with Crippen molar-refractivity contribution in [1.29, 1.82) is 0 Å². The highest BCUT2D eigenvalue weighted by Crippen LogP contribution is 2.62. The van der Waals surface area contributed by atoms with Gasteiger partial charge in [0.2, 0.25) is 0 Å². The van der Waals surface area contributed by atoms with Gasteiger partial charge in [0, 0.05) is 30.1 Å². The number of ketones is 1. The molecule has 2 bridgehead atoms. The van der Waals surface area contributed by atoms with Gasteiger partial charge in [0.15, 0.2) is 5.78 Å². The second-order valence-electron chi connectivity index (χ2n) is 10.4. The lowest BCUT2D eigenvalue weighted by Gasteiger charge is -2.65. The normalized spacial score (nSPS) is 49.9. The quantitative estimate of drug-likeness (QED) is 0.348. The summed E-state index contributed by atoms with van der Waals surface area (Å²) in [5.74, 6) is -2.16. The molecule has 0 aromatic rings. The number of esters is 1. The number of aliphatic hydroxyl groups excluding tert-OH is 2. The Hall–Kier alpha value is -1.32. The minimum absolute atomic E-state index is 0.0557. The number of hydrogen-bond acceptors (Lipinski definition) is 8. The van der Waals surface area contributed by atoms with Crippen molar-refractivity contribution in [3.8, 4) is 0 Å². The molecule has 8 atom stereocenters. The third-order valence-corrected chi connectivity index (χ3v) is 8.56. The molecule has 4 N–H and O–H groups in total. The van der Waals surface area contributed by atoms with Gasteiger partial charge in [0.25, 0.3) is 0 Å². The molecule has 4 rings (SSSR count). The molecule has 0 radical (unpaired) electrons. The van der Waals surface area contributed by atoms with Crippen LogP contribution in [-0.4, -0.2) is 74.4 Å². The molecule has 0 unspecified atom stereocenters. The number of carbonyl (C=O) groups excluding carboxylic acids is 2. The summed E-state index contributed by atoms with van der Waals surface area (Å²) in [5, 5.41) is 45.6. The van der Waals surface area contributed by atoms with Crippen LogP contribution in [0.2, 0.25) is 0 Å². The second kappa shape index (κ2) is 6.36. The highest BCUT2D eigenvalue weighted by molar-refractivity contribution is 5.92. The van der Waals surface area contributed by atoms with E-state index in [0.717, 1.165) is 0 Å². The van der Waals surface area contributed by atoms with Crippen molar-refractivity contribution < 1.29 is 39.5 Å². The first-order chi connectivity index (χ1) is 13.7. The Labute approximate surface area is 175 Å². The van der Waals surface area contributed by atoms with E-state index in [1.165, 1.54) is 6.92 Å². The molecule has 8 nitrogen and oxygen atoms in total. The van der Waals surface area contributed by atoms with Crippen molar-refractivity contribution in [2.45, 2.75) is 89.5 Å². The molecular formula is C22H32O8. The summed E-state index contributed by atoms with van der Waals surface area (Å²) in [6, 6.07) is 0. The molecule has 0 aromatic heterocycles. The van der Waals surface area contributed by atoms with Gasteiger partial charge in [0.1, 0.15) is 23.4 Å². The molecular weight excluding hydrogens is 392 g/mol. The molecule has 4 aliphatic rings. The van der Waals surface area contributed by atoms with E-state index in [4.69, 9.17) is 9.47 Å². The van der Waals surface area contributed by atoms with E-state index in [9.17, 15) is 30.0 Å². The fourth-order valence-corrected chi connectivity index (χ4v) is 6.71. The van der Waals surface area contributed by atoms with Gasteiger partial charge in [-0.2, -0.15) is 0 Å². The standard InChI is InChI=1S/C22H32O8/c1-10-12(24)8-22(28)18(30-11(2)23)16-20(5,7-6-13-21(16,27)9-29-13)17(26)15(25)14(10)19(22,3)4/h12-13,15-16,18,24-25,27-28H,6-9H2,1-5H3/t12-,13+,15+,16-,18-,20+,21-,22+/m0/s1. The zero-order chi connectivity index (χ0) is 22.4. The maximum atomic E-state index is 13.7. The largest absolute Gasteiger partial charge is 0.459 e. The molecule has 8 heteroatoms. The molecule has 3 aliphatic carbocycles. The smallest absolute Gasteiger partial charge is 0.303 e.